The van der Waals surface area contributed by atoms with Gasteiger partial charge in [-0.1, -0.05) is 25.1 Å². The molecule has 0 bridgehead atoms. The number of nitro groups is 1. The van der Waals surface area contributed by atoms with Crippen LogP contribution in [0.2, 0.25) is 0 Å². The molecule has 0 heterocycles. The summed E-state index contributed by atoms with van der Waals surface area (Å²) in [5.41, 5.74) is 0.843. The van der Waals surface area contributed by atoms with Crippen LogP contribution in [0.3, 0.4) is 0 Å². The molecule has 7 nitrogen and oxygen atoms in total. The quantitative estimate of drug-likeness (QED) is 0.451. The van der Waals surface area contributed by atoms with E-state index in [4.69, 9.17) is 9.47 Å². The van der Waals surface area contributed by atoms with E-state index in [2.05, 4.69) is 15.9 Å². The fourth-order valence-corrected chi connectivity index (χ4v) is 3.11. The van der Waals surface area contributed by atoms with E-state index < -0.39 is 4.92 Å². The first-order chi connectivity index (χ1) is 12.9. The van der Waals surface area contributed by atoms with Gasteiger partial charge >= 0.3 is 0 Å². The molecule has 0 aliphatic carbocycles. The molecule has 0 unspecified atom stereocenters. The van der Waals surface area contributed by atoms with Crippen molar-refractivity contribution >= 4 is 27.5 Å². The van der Waals surface area contributed by atoms with Crippen LogP contribution in [0.4, 0.5) is 5.69 Å². The number of ether oxygens (including phenoxy) is 2. The third kappa shape index (κ3) is 4.97. The second kappa shape index (κ2) is 9.36. The summed E-state index contributed by atoms with van der Waals surface area (Å²) in [6.07, 6.45) is 0.842. The molecular formula is C19H21BrN2O5. The Morgan fingerprint density at radius 1 is 1.30 bits per heavy atom. The molecule has 0 spiro atoms. The van der Waals surface area contributed by atoms with E-state index in [9.17, 15) is 14.9 Å². The van der Waals surface area contributed by atoms with Crippen molar-refractivity contribution < 1.29 is 19.2 Å². The van der Waals surface area contributed by atoms with Gasteiger partial charge in [0.2, 0.25) is 0 Å². The Kier molecular flexibility index (Phi) is 7.18. The van der Waals surface area contributed by atoms with Crippen molar-refractivity contribution in [1.82, 2.24) is 4.90 Å². The highest BCUT2D eigenvalue weighted by atomic mass is 79.9. The van der Waals surface area contributed by atoms with Crippen molar-refractivity contribution in [2.75, 3.05) is 20.8 Å². The van der Waals surface area contributed by atoms with Gasteiger partial charge in [0.05, 0.1) is 29.7 Å². The van der Waals surface area contributed by atoms with Crippen LogP contribution in [0, 0.1) is 10.1 Å². The maximum atomic E-state index is 12.8. The zero-order chi connectivity index (χ0) is 20.0. The van der Waals surface area contributed by atoms with Crippen LogP contribution < -0.4 is 9.47 Å². The number of halogens is 1. The molecule has 8 heteroatoms. The molecule has 0 atom stereocenters. The number of nitrogens with zero attached hydrogens (tertiary/aromatic N) is 2. The van der Waals surface area contributed by atoms with Crippen molar-refractivity contribution in [2.45, 2.75) is 19.9 Å². The van der Waals surface area contributed by atoms with Gasteiger partial charge in [-0.15, -0.1) is 0 Å². The Morgan fingerprint density at radius 2 is 2.00 bits per heavy atom. The van der Waals surface area contributed by atoms with E-state index >= 15 is 0 Å². The van der Waals surface area contributed by atoms with E-state index in [0.29, 0.717) is 33.7 Å². The predicted octanol–water partition coefficient (Wildman–Crippen LogP) is 4.43. The van der Waals surface area contributed by atoms with Crippen molar-refractivity contribution in [1.29, 1.82) is 0 Å². The van der Waals surface area contributed by atoms with Gasteiger partial charge in [-0.3, -0.25) is 14.9 Å². The molecule has 2 aromatic rings. The molecule has 0 fully saturated rings. The first kappa shape index (κ1) is 20.7. The number of carbonyl (C=O) groups excluding carboxylic acids is 1. The summed E-state index contributed by atoms with van der Waals surface area (Å²) in [7, 11) is 3.10. The first-order valence-electron chi connectivity index (χ1n) is 8.37. The van der Waals surface area contributed by atoms with Crippen LogP contribution in [0.1, 0.15) is 29.3 Å². The van der Waals surface area contributed by atoms with Crippen LogP contribution in [-0.4, -0.2) is 36.5 Å². The number of nitro benzene ring substituents is 1. The highest BCUT2D eigenvalue weighted by Crippen LogP contribution is 2.37. The van der Waals surface area contributed by atoms with Crippen LogP contribution in [0.5, 0.6) is 11.5 Å². The lowest BCUT2D eigenvalue weighted by molar-refractivity contribution is -0.385. The lowest BCUT2D eigenvalue weighted by Crippen LogP contribution is -2.26. The Morgan fingerprint density at radius 3 is 2.63 bits per heavy atom. The van der Waals surface area contributed by atoms with E-state index in [1.165, 1.54) is 18.1 Å². The van der Waals surface area contributed by atoms with Crippen LogP contribution in [0.25, 0.3) is 0 Å². The zero-order valence-electron chi connectivity index (χ0n) is 15.4. The fraction of sp³-hybridized carbons (Fsp3) is 0.316. The van der Waals surface area contributed by atoms with Crippen molar-refractivity contribution in [3.8, 4) is 11.5 Å². The number of hydrogen-bond donors (Lipinski definition) is 0. The molecule has 0 radical (unpaired) electrons. The number of hydrogen-bond acceptors (Lipinski definition) is 5. The van der Waals surface area contributed by atoms with Gasteiger partial charge in [0.25, 0.3) is 11.6 Å². The summed E-state index contributed by atoms with van der Waals surface area (Å²) in [6.45, 7) is 2.64. The lowest BCUT2D eigenvalue weighted by Gasteiger charge is -2.19. The smallest absolute Gasteiger partial charge is 0.274 e. The third-order valence-electron chi connectivity index (χ3n) is 3.87. The Bertz CT molecular complexity index is 841. The third-order valence-corrected chi connectivity index (χ3v) is 4.46. The van der Waals surface area contributed by atoms with E-state index in [0.717, 1.165) is 6.42 Å². The molecule has 0 saturated carbocycles. The topological polar surface area (TPSA) is 81.9 Å². The largest absolute Gasteiger partial charge is 0.493 e. The summed E-state index contributed by atoms with van der Waals surface area (Å²) in [5.74, 6) is 0.701. The van der Waals surface area contributed by atoms with Crippen molar-refractivity contribution in [3.05, 3.63) is 62.1 Å². The maximum absolute atomic E-state index is 12.8. The molecule has 0 aliphatic heterocycles. The minimum atomic E-state index is -0.451. The van der Waals surface area contributed by atoms with Crippen LogP contribution in [-0.2, 0) is 6.54 Å². The summed E-state index contributed by atoms with van der Waals surface area (Å²) < 4.78 is 11.6. The number of para-hydroxylation sites is 1. The molecule has 27 heavy (non-hydrogen) atoms. The molecule has 0 saturated heterocycles. The summed E-state index contributed by atoms with van der Waals surface area (Å²) in [5, 5.41) is 11.2. The molecule has 1 amide bonds. The van der Waals surface area contributed by atoms with Gasteiger partial charge in [0.15, 0.2) is 11.5 Å². The monoisotopic (exact) mass is 436 g/mol. The average Bonchev–Trinajstić information content (AvgIpc) is 2.66. The highest BCUT2D eigenvalue weighted by molar-refractivity contribution is 9.10. The fourth-order valence-electron chi connectivity index (χ4n) is 2.56. The van der Waals surface area contributed by atoms with Gasteiger partial charge < -0.3 is 14.4 Å². The van der Waals surface area contributed by atoms with E-state index in [1.807, 2.05) is 6.92 Å². The maximum Gasteiger partial charge on any atom is 0.274 e. The summed E-state index contributed by atoms with van der Waals surface area (Å²) >= 11 is 3.42. The van der Waals surface area contributed by atoms with Gasteiger partial charge in [-0.25, -0.2) is 0 Å². The minimum Gasteiger partial charge on any atom is -0.493 e. The zero-order valence-corrected chi connectivity index (χ0v) is 17.0. The van der Waals surface area contributed by atoms with E-state index in [1.54, 1.807) is 37.4 Å². The second-order valence-corrected chi connectivity index (χ2v) is 6.74. The number of amides is 1. The number of carbonyl (C=O) groups is 1. The molecular weight excluding hydrogens is 416 g/mol. The summed E-state index contributed by atoms with van der Waals surface area (Å²) in [4.78, 5) is 25.0. The second-order valence-electron chi connectivity index (χ2n) is 5.88. The predicted molar refractivity (Wildman–Crippen MR) is 105 cm³/mol. The van der Waals surface area contributed by atoms with Gasteiger partial charge in [0, 0.05) is 24.2 Å². The van der Waals surface area contributed by atoms with Crippen molar-refractivity contribution in [3.63, 3.8) is 0 Å². The number of rotatable bonds is 8. The van der Waals surface area contributed by atoms with Gasteiger partial charge in [-0.05, 0) is 34.5 Å². The van der Waals surface area contributed by atoms with Crippen LogP contribution in [0.15, 0.2) is 40.9 Å². The Balaban J connectivity index is 2.27. The lowest BCUT2D eigenvalue weighted by atomic mass is 10.1. The Hall–Kier alpha value is -2.61. The minimum absolute atomic E-state index is 0.0146. The SMILES string of the molecule is CCCOc1c(Br)cc(C(=O)N(C)Cc2ccccc2[N+](=O)[O-])cc1OC. The van der Waals surface area contributed by atoms with Gasteiger partial charge in [-0.2, -0.15) is 0 Å². The van der Waals surface area contributed by atoms with Crippen LogP contribution >= 0.6 is 15.9 Å². The molecule has 2 aromatic carbocycles. The molecule has 2 rings (SSSR count). The standard InChI is InChI=1S/C19H21BrN2O5/c1-4-9-27-18-15(20)10-14(11-17(18)26-3)19(23)21(2)12-13-7-5-6-8-16(13)22(24)25/h5-8,10-11H,4,9,12H2,1-3H3. The molecule has 0 aliphatic rings. The number of benzene rings is 2. The Labute approximate surface area is 166 Å². The molecule has 0 aromatic heterocycles. The van der Waals surface area contributed by atoms with Crippen molar-refractivity contribution in [2.24, 2.45) is 0 Å². The first-order valence-corrected chi connectivity index (χ1v) is 9.16. The highest BCUT2D eigenvalue weighted by Gasteiger charge is 2.21. The van der Waals surface area contributed by atoms with Gasteiger partial charge in [0.1, 0.15) is 0 Å². The number of methoxy groups -OCH3 is 1. The average molecular weight is 437 g/mol. The molecule has 0 N–H and O–H groups in total. The normalized spacial score (nSPS) is 10.4. The summed E-state index contributed by atoms with van der Waals surface area (Å²) in [6, 6.07) is 9.63. The molecule has 144 valence electrons. The van der Waals surface area contributed by atoms with E-state index in [-0.39, 0.29) is 18.1 Å².